The summed E-state index contributed by atoms with van der Waals surface area (Å²) >= 11 is 1.69. The number of nitrogens with zero attached hydrogens (tertiary/aromatic N) is 1. The number of benzene rings is 1. The minimum absolute atomic E-state index is 0.0180. The fourth-order valence-electron chi connectivity index (χ4n) is 1.68. The van der Waals surface area contributed by atoms with Gasteiger partial charge in [-0.15, -0.1) is 0 Å². The highest BCUT2D eigenvalue weighted by molar-refractivity contribution is 7.98. The zero-order chi connectivity index (χ0) is 15.1. The van der Waals surface area contributed by atoms with Crippen LogP contribution in [0.1, 0.15) is 31.1 Å². The summed E-state index contributed by atoms with van der Waals surface area (Å²) in [4.78, 5) is 21.9. The number of hydrogen-bond acceptors (Lipinski definition) is 5. The highest BCUT2D eigenvalue weighted by atomic mass is 32.2. The van der Waals surface area contributed by atoms with E-state index in [0.29, 0.717) is 5.56 Å². The summed E-state index contributed by atoms with van der Waals surface area (Å²) in [6, 6.07) is 5.02. The Bertz CT molecular complexity index is 493. The predicted molar refractivity (Wildman–Crippen MR) is 78.9 cm³/mol. The molecule has 6 nitrogen and oxygen atoms in total. The van der Waals surface area contributed by atoms with Gasteiger partial charge in [-0.3, -0.25) is 10.1 Å². The van der Waals surface area contributed by atoms with E-state index in [0.717, 1.165) is 17.1 Å². The summed E-state index contributed by atoms with van der Waals surface area (Å²) in [7, 11) is 1.44. The lowest BCUT2D eigenvalue weighted by Crippen LogP contribution is -2.21. The summed E-state index contributed by atoms with van der Waals surface area (Å²) in [6.45, 7) is 3.64. The minimum atomic E-state index is -0.678. The smallest absolute Gasteiger partial charge is 0.407 e. The summed E-state index contributed by atoms with van der Waals surface area (Å²) in [5.41, 5.74) is 1.26. The van der Waals surface area contributed by atoms with E-state index in [1.165, 1.54) is 7.05 Å². The van der Waals surface area contributed by atoms with E-state index in [9.17, 15) is 14.9 Å². The fraction of sp³-hybridized carbons (Fsp3) is 0.462. The van der Waals surface area contributed by atoms with Gasteiger partial charge in [-0.2, -0.15) is 11.8 Å². The number of rotatable bonds is 6. The summed E-state index contributed by atoms with van der Waals surface area (Å²) < 4.78 is 5.04. The molecule has 7 heteroatoms. The molecule has 0 aliphatic rings. The Balaban J connectivity index is 3.00. The van der Waals surface area contributed by atoms with Crippen LogP contribution < -0.4 is 5.32 Å². The van der Waals surface area contributed by atoms with Gasteiger partial charge in [0.15, 0.2) is 0 Å². The maximum atomic E-state index is 11.2. The average molecular weight is 298 g/mol. The molecule has 1 unspecified atom stereocenters. The van der Waals surface area contributed by atoms with E-state index in [1.807, 2.05) is 13.0 Å². The van der Waals surface area contributed by atoms with Crippen molar-refractivity contribution < 1.29 is 14.5 Å². The third-order valence-corrected chi connectivity index (χ3v) is 3.64. The Morgan fingerprint density at radius 1 is 1.55 bits per heavy atom. The van der Waals surface area contributed by atoms with Crippen LogP contribution in [0.25, 0.3) is 0 Å². The second-order valence-corrected chi connectivity index (χ2v) is 5.36. The molecule has 0 radical (unpaired) electrons. The number of nitro benzene ring substituents is 1. The molecular weight excluding hydrogens is 280 g/mol. The Labute approximate surface area is 122 Å². The van der Waals surface area contributed by atoms with E-state index in [2.05, 4.69) is 5.32 Å². The highest BCUT2D eigenvalue weighted by Gasteiger charge is 2.22. The van der Waals surface area contributed by atoms with Crippen LogP contribution in [-0.4, -0.2) is 23.8 Å². The van der Waals surface area contributed by atoms with Crippen molar-refractivity contribution in [3.63, 3.8) is 0 Å². The van der Waals surface area contributed by atoms with Gasteiger partial charge in [0.05, 0.1) is 10.5 Å². The minimum Gasteiger partial charge on any atom is -0.441 e. The third kappa shape index (κ3) is 4.41. The molecule has 1 amide bonds. The standard InChI is InChI=1S/C13H18N2O4S/c1-4-20-8-10-5-6-11(12(7-10)15(17)18)9(2)19-13(16)14-3/h5-7,9H,4,8H2,1-3H3,(H,14,16). The van der Waals surface area contributed by atoms with Crippen molar-refractivity contribution in [1.82, 2.24) is 5.32 Å². The lowest BCUT2D eigenvalue weighted by Gasteiger charge is -2.14. The number of alkyl carbamates (subject to hydrolysis) is 1. The fourth-order valence-corrected chi connectivity index (χ4v) is 2.30. The first-order valence-corrected chi connectivity index (χ1v) is 7.38. The van der Waals surface area contributed by atoms with Crippen molar-refractivity contribution >= 4 is 23.5 Å². The van der Waals surface area contributed by atoms with Crippen molar-refractivity contribution in [1.29, 1.82) is 0 Å². The molecule has 0 aliphatic carbocycles. The molecule has 1 rings (SSSR count). The quantitative estimate of drug-likeness (QED) is 0.644. The van der Waals surface area contributed by atoms with E-state index in [1.54, 1.807) is 30.8 Å². The zero-order valence-electron chi connectivity index (χ0n) is 11.7. The number of nitro groups is 1. The van der Waals surface area contributed by atoms with Gasteiger partial charge < -0.3 is 10.1 Å². The van der Waals surface area contributed by atoms with Gasteiger partial charge in [-0.05, 0) is 24.3 Å². The zero-order valence-corrected chi connectivity index (χ0v) is 12.5. The molecule has 0 heterocycles. The van der Waals surface area contributed by atoms with Crippen LogP contribution in [0.3, 0.4) is 0 Å². The van der Waals surface area contributed by atoms with E-state index in [4.69, 9.17) is 4.74 Å². The van der Waals surface area contributed by atoms with Crippen LogP contribution in [0, 0.1) is 10.1 Å². The maximum Gasteiger partial charge on any atom is 0.407 e. The molecule has 110 valence electrons. The van der Waals surface area contributed by atoms with Crippen LogP contribution in [0.4, 0.5) is 10.5 Å². The molecule has 0 bridgehead atoms. The van der Waals surface area contributed by atoms with Crippen molar-refractivity contribution in [2.24, 2.45) is 0 Å². The Morgan fingerprint density at radius 3 is 2.80 bits per heavy atom. The van der Waals surface area contributed by atoms with E-state index in [-0.39, 0.29) is 5.69 Å². The molecule has 0 saturated heterocycles. The number of thioether (sulfide) groups is 1. The van der Waals surface area contributed by atoms with Gasteiger partial charge in [0.25, 0.3) is 5.69 Å². The van der Waals surface area contributed by atoms with Crippen LogP contribution >= 0.6 is 11.8 Å². The van der Waals surface area contributed by atoms with Gasteiger partial charge >= 0.3 is 6.09 Å². The first kappa shape index (κ1) is 16.3. The second kappa shape index (κ2) is 7.74. The topological polar surface area (TPSA) is 81.5 Å². The molecule has 1 N–H and O–H groups in total. The van der Waals surface area contributed by atoms with Crippen molar-refractivity contribution in [3.05, 3.63) is 39.4 Å². The number of hydrogen-bond donors (Lipinski definition) is 1. The Kier molecular flexibility index (Phi) is 6.30. The molecule has 0 fully saturated rings. The molecule has 20 heavy (non-hydrogen) atoms. The number of nitrogens with one attached hydrogen (secondary N) is 1. The summed E-state index contributed by atoms with van der Waals surface area (Å²) in [5.74, 6) is 1.67. The van der Waals surface area contributed by atoms with Crippen LogP contribution in [0.2, 0.25) is 0 Å². The van der Waals surface area contributed by atoms with Crippen LogP contribution in [0.5, 0.6) is 0 Å². The molecule has 0 saturated carbocycles. The number of carbonyl (C=O) groups excluding carboxylic acids is 1. The largest absolute Gasteiger partial charge is 0.441 e. The van der Waals surface area contributed by atoms with Gasteiger partial charge in [-0.1, -0.05) is 13.0 Å². The molecular formula is C13H18N2O4S. The number of ether oxygens (including phenoxy) is 1. The maximum absolute atomic E-state index is 11.2. The van der Waals surface area contributed by atoms with Gasteiger partial charge in [0, 0.05) is 18.9 Å². The first-order valence-electron chi connectivity index (χ1n) is 6.22. The summed E-state index contributed by atoms with van der Waals surface area (Å²) in [5, 5.41) is 13.5. The molecule has 0 aromatic heterocycles. The molecule has 0 aliphatic heterocycles. The SMILES string of the molecule is CCSCc1ccc(C(C)OC(=O)NC)c([N+](=O)[O-])c1. The highest BCUT2D eigenvalue weighted by Crippen LogP contribution is 2.29. The lowest BCUT2D eigenvalue weighted by molar-refractivity contribution is -0.386. The Morgan fingerprint density at radius 2 is 2.25 bits per heavy atom. The van der Waals surface area contributed by atoms with E-state index < -0.39 is 17.1 Å². The molecule has 0 spiro atoms. The second-order valence-electron chi connectivity index (χ2n) is 4.08. The number of carbonyl (C=O) groups is 1. The molecule has 1 atom stereocenters. The van der Waals surface area contributed by atoms with Crippen molar-refractivity contribution in [2.75, 3.05) is 12.8 Å². The van der Waals surface area contributed by atoms with Crippen molar-refractivity contribution in [3.8, 4) is 0 Å². The number of amides is 1. The summed E-state index contributed by atoms with van der Waals surface area (Å²) in [6.07, 6.45) is -1.29. The average Bonchev–Trinajstić information content (AvgIpc) is 2.44. The van der Waals surface area contributed by atoms with Gasteiger partial charge in [-0.25, -0.2) is 4.79 Å². The normalized spacial score (nSPS) is 11.8. The van der Waals surface area contributed by atoms with Crippen molar-refractivity contribution in [2.45, 2.75) is 25.7 Å². The monoisotopic (exact) mass is 298 g/mol. The predicted octanol–water partition coefficient (Wildman–Crippen LogP) is 3.26. The first-order chi connectivity index (χ1) is 9.49. The lowest BCUT2D eigenvalue weighted by atomic mass is 10.1. The van der Waals surface area contributed by atoms with E-state index >= 15 is 0 Å². The van der Waals surface area contributed by atoms with Crippen LogP contribution in [0.15, 0.2) is 18.2 Å². The van der Waals surface area contributed by atoms with Crippen LogP contribution in [-0.2, 0) is 10.5 Å². The molecule has 1 aromatic rings. The van der Waals surface area contributed by atoms with Gasteiger partial charge in [0.1, 0.15) is 6.10 Å². The third-order valence-electron chi connectivity index (χ3n) is 2.69. The van der Waals surface area contributed by atoms with Gasteiger partial charge in [0.2, 0.25) is 0 Å². The Hall–Kier alpha value is -1.76. The molecule has 1 aromatic carbocycles.